The molecule has 2 rings (SSSR count). The fourth-order valence-electron chi connectivity index (χ4n) is 2.41. The predicted octanol–water partition coefficient (Wildman–Crippen LogP) is 0.718. The van der Waals surface area contributed by atoms with Crippen molar-refractivity contribution in [3.05, 3.63) is 0 Å². The Morgan fingerprint density at radius 1 is 1.44 bits per heavy atom. The molecule has 1 atom stereocenters. The van der Waals surface area contributed by atoms with Crippen LogP contribution in [0.1, 0.15) is 26.2 Å². The Labute approximate surface area is 97.5 Å². The van der Waals surface area contributed by atoms with Crippen molar-refractivity contribution in [3.8, 4) is 0 Å². The minimum absolute atomic E-state index is 0.0305. The van der Waals surface area contributed by atoms with Crippen molar-refractivity contribution in [1.29, 1.82) is 0 Å². The van der Waals surface area contributed by atoms with E-state index < -0.39 is 0 Å². The van der Waals surface area contributed by atoms with Gasteiger partial charge in [0.2, 0.25) is 0 Å². The molecule has 1 unspecified atom stereocenters. The van der Waals surface area contributed by atoms with Crippen LogP contribution in [0, 0.1) is 0 Å². The molecule has 0 bridgehead atoms. The Kier molecular flexibility index (Phi) is 3.82. The number of carbonyl (C=O) groups is 1. The summed E-state index contributed by atoms with van der Waals surface area (Å²) in [5.74, 6) is -0.0688. The molecule has 16 heavy (non-hydrogen) atoms. The second kappa shape index (κ2) is 5.15. The van der Waals surface area contributed by atoms with Gasteiger partial charge in [-0.25, -0.2) is 0 Å². The van der Waals surface area contributed by atoms with Crippen LogP contribution in [-0.2, 0) is 9.53 Å². The van der Waals surface area contributed by atoms with Gasteiger partial charge in [0, 0.05) is 25.7 Å². The standard InChI is InChI=1S/C12H22N2O2/c1-3-13(10-4-5-10)8-9-14-7-6-11(14)12(15)16-2/h10-11H,3-9H2,1-2H3. The van der Waals surface area contributed by atoms with Crippen LogP contribution in [-0.4, -0.2) is 61.1 Å². The molecule has 2 aliphatic rings. The predicted molar refractivity (Wildman–Crippen MR) is 62.3 cm³/mol. The highest BCUT2D eigenvalue weighted by Gasteiger charge is 2.35. The van der Waals surface area contributed by atoms with Gasteiger partial charge in [0.15, 0.2) is 0 Å². The van der Waals surface area contributed by atoms with E-state index in [4.69, 9.17) is 4.74 Å². The summed E-state index contributed by atoms with van der Waals surface area (Å²) >= 11 is 0. The zero-order chi connectivity index (χ0) is 11.5. The van der Waals surface area contributed by atoms with Crippen LogP contribution in [0.2, 0.25) is 0 Å². The molecule has 1 saturated carbocycles. The Hall–Kier alpha value is -0.610. The molecule has 92 valence electrons. The highest BCUT2D eigenvalue weighted by atomic mass is 16.5. The molecule has 0 aromatic carbocycles. The number of esters is 1. The third-order valence-corrected chi connectivity index (χ3v) is 3.75. The number of methoxy groups -OCH3 is 1. The molecule has 0 amide bonds. The lowest BCUT2D eigenvalue weighted by atomic mass is 10.0. The van der Waals surface area contributed by atoms with Crippen molar-refractivity contribution >= 4 is 5.97 Å². The van der Waals surface area contributed by atoms with Gasteiger partial charge in [-0.2, -0.15) is 0 Å². The second-order valence-corrected chi connectivity index (χ2v) is 4.72. The maximum Gasteiger partial charge on any atom is 0.323 e. The average molecular weight is 226 g/mol. The molecule has 0 aromatic heterocycles. The molecular weight excluding hydrogens is 204 g/mol. The van der Waals surface area contributed by atoms with Crippen LogP contribution >= 0.6 is 0 Å². The van der Waals surface area contributed by atoms with Crippen LogP contribution in [0.3, 0.4) is 0 Å². The van der Waals surface area contributed by atoms with Crippen molar-refractivity contribution < 1.29 is 9.53 Å². The van der Waals surface area contributed by atoms with E-state index in [0.29, 0.717) is 0 Å². The highest BCUT2D eigenvalue weighted by molar-refractivity contribution is 5.76. The van der Waals surface area contributed by atoms with Crippen LogP contribution in [0.4, 0.5) is 0 Å². The smallest absolute Gasteiger partial charge is 0.323 e. The van der Waals surface area contributed by atoms with Crippen LogP contribution in [0.15, 0.2) is 0 Å². The van der Waals surface area contributed by atoms with Gasteiger partial charge in [-0.05, 0) is 25.8 Å². The largest absolute Gasteiger partial charge is 0.468 e. The molecular formula is C12H22N2O2. The van der Waals surface area contributed by atoms with E-state index in [-0.39, 0.29) is 12.0 Å². The molecule has 0 N–H and O–H groups in total. The van der Waals surface area contributed by atoms with Gasteiger partial charge in [0.25, 0.3) is 0 Å². The van der Waals surface area contributed by atoms with E-state index in [0.717, 1.165) is 38.6 Å². The molecule has 0 spiro atoms. The third kappa shape index (κ3) is 2.55. The van der Waals surface area contributed by atoms with E-state index in [2.05, 4.69) is 16.7 Å². The molecule has 1 aliphatic carbocycles. The average Bonchev–Trinajstić information content (AvgIpc) is 3.06. The molecule has 0 radical (unpaired) electrons. The summed E-state index contributed by atoms with van der Waals surface area (Å²) in [5, 5.41) is 0. The highest BCUT2D eigenvalue weighted by Crippen LogP contribution is 2.26. The summed E-state index contributed by atoms with van der Waals surface area (Å²) in [6, 6.07) is 0.853. The molecule has 4 heteroatoms. The second-order valence-electron chi connectivity index (χ2n) is 4.72. The minimum atomic E-state index is -0.0688. The summed E-state index contributed by atoms with van der Waals surface area (Å²) in [4.78, 5) is 16.1. The first-order chi connectivity index (χ1) is 7.76. The van der Waals surface area contributed by atoms with E-state index in [1.807, 2.05) is 0 Å². The van der Waals surface area contributed by atoms with Crippen molar-refractivity contribution in [2.75, 3.05) is 33.3 Å². The van der Waals surface area contributed by atoms with Gasteiger partial charge in [-0.15, -0.1) is 0 Å². The zero-order valence-corrected chi connectivity index (χ0v) is 10.3. The summed E-state index contributed by atoms with van der Waals surface area (Å²) in [7, 11) is 1.47. The fraction of sp³-hybridized carbons (Fsp3) is 0.917. The number of likely N-dealkylation sites (N-methyl/N-ethyl adjacent to an activating group) is 1. The van der Waals surface area contributed by atoms with E-state index in [1.165, 1.54) is 20.0 Å². The van der Waals surface area contributed by atoms with Gasteiger partial charge in [0.05, 0.1) is 7.11 Å². The van der Waals surface area contributed by atoms with Crippen LogP contribution < -0.4 is 0 Å². The number of ether oxygens (including phenoxy) is 1. The first-order valence-corrected chi connectivity index (χ1v) is 6.32. The minimum Gasteiger partial charge on any atom is -0.468 e. The van der Waals surface area contributed by atoms with Gasteiger partial charge >= 0.3 is 5.97 Å². The SMILES string of the molecule is CCN(CCN1CCC1C(=O)OC)C1CC1. The van der Waals surface area contributed by atoms with Gasteiger partial charge in [-0.3, -0.25) is 14.6 Å². The molecule has 0 aromatic rings. The summed E-state index contributed by atoms with van der Waals surface area (Å²) in [6.45, 7) is 6.48. The van der Waals surface area contributed by atoms with Gasteiger partial charge in [-0.1, -0.05) is 6.92 Å². The summed E-state index contributed by atoms with van der Waals surface area (Å²) < 4.78 is 4.78. The number of nitrogens with zero attached hydrogens (tertiary/aromatic N) is 2. The van der Waals surface area contributed by atoms with Gasteiger partial charge < -0.3 is 4.74 Å². The Morgan fingerprint density at radius 3 is 2.62 bits per heavy atom. The zero-order valence-electron chi connectivity index (χ0n) is 10.3. The lowest BCUT2D eigenvalue weighted by Crippen LogP contribution is -2.54. The molecule has 1 heterocycles. The fourth-order valence-corrected chi connectivity index (χ4v) is 2.41. The molecule has 1 saturated heterocycles. The summed E-state index contributed by atoms with van der Waals surface area (Å²) in [5.41, 5.74) is 0. The maximum absolute atomic E-state index is 11.4. The van der Waals surface area contributed by atoms with E-state index in [9.17, 15) is 4.79 Å². The summed E-state index contributed by atoms with van der Waals surface area (Å²) in [6.07, 6.45) is 3.67. The molecule has 2 fully saturated rings. The lowest BCUT2D eigenvalue weighted by Gasteiger charge is -2.39. The number of hydrogen-bond acceptors (Lipinski definition) is 4. The molecule has 1 aliphatic heterocycles. The van der Waals surface area contributed by atoms with Crippen molar-refractivity contribution in [2.45, 2.75) is 38.3 Å². The van der Waals surface area contributed by atoms with E-state index in [1.54, 1.807) is 0 Å². The number of rotatable bonds is 6. The first kappa shape index (κ1) is 11.9. The topological polar surface area (TPSA) is 32.8 Å². The van der Waals surface area contributed by atoms with Crippen molar-refractivity contribution in [2.24, 2.45) is 0 Å². The van der Waals surface area contributed by atoms with Crippen LogP contribution in [0.25, 0.3) is 0 Å². The monoisotopic (exact) mass is 226 g/mol. The van der Waals surface area contributed by atoms with E-state index >= 15 is 0 Å². The Bertz CT molecular complexity index is 253. The number of carbonyl (C=O) groups excluding carboxylic acids is 1. The quantitative estimate of drug-likeness (QED) is 0.625. The normalized spacial score (nSPS) is 25.6. The van der Waals surface area contributed by atoms with Crippen LogP contribution in [0.5, 0.6) is 0 Å². The Morgan fingerprint density at radius 2 is 2.19 bits per heavy atom. The van der Waals surface area contributed by atoms with Crippen molar-refractivity contribution in [1.82, 2.24) is 9.80 Å². The molecule has 4 nitrogen and oxygen atoms in total. The number of hydrogen-bond donors (Lipinski definition) is 0. The Balaban J connectivity index is 1.71. The maximum atomic E-state index is 11.4. The van der Waals surface area contributed by atoms with Gasteiger partial charge in [0.1, 0.15) is 6.04 Å². The third-order valence-electron chi connectivity index (χ3n) is 3.75. The van der Waals surface area contributed by atoms with Crippen molar-refractivity contribution in [3.63, 3.8) is 0 Å². The lowest BCUT2D eigenvalue weighted by molar-refractivity contribution is -0.152. The first-order valence-electron chi connectivity index (χ1n) is 6.32. The number of likely N-dealkylation sites (tertiary alicyclic amines) is 1.